The number of benzene rings is 2. The molecule has 1 aromatic heterocycles. The number of para-hydroxylation sites is 1. The average Bonchev–Trinajstić information content (AvgIpc) is 2.95. The maximum Gasteiger partial charge on any atom is 0.283 e. The van der Waals surface area contributed by atoms with E-state index in [0.29, 0.717) is 29.3 Å². The van der Waals surface area contributed by atoms with Gasteiger partial charge in [0.15, 0.2) is 4.80 Å². The van der Waals surface area contributed by atoms with Gasteiger partial charge in [0, 0.05) is 13.7 Å². The van der Waals surface area contributed by atoms with Gasteiger partial charge in [-0.05, 0) is 36.8 Å². The molecule has 1 heterocycles. The number of ether oxygens (including phenoxy) is 2. The van der Waals surface area contributed by atoms with Gasteiger partial charge in [0.25, 0.3) is 5.91 Å². The molecule has 3 rings (SSSR count). The van der Waals surface area contributed by atoms with Crippen LogP contribution in [0, 0.1) is 6.92 Å². The topological polar surface area (TPSA) is 52.8 Å². The van der Waals surface area contributed by atoms with Crippen LogP contribution >= 0.6 is 11.3 Å². The second kappa shape index (κ2) is 7.63. The van der Waals surface area contributed by atoms with Gasteiger partial charge in [-0.2, -0.15) is 4.99 Å². The first-order valence-corrected chi connectivity index (χ1v) is 8.76. The van der Waals surface area contributed by atoms with E-state index < -0.39 is 0 Å². The van der Waals surface area contributed by atoms with E-state index in [9.17, 15) is 4.79 Å². The molecule has 0 bridgehead atoms. The Bertz CT molecular complexity index is 972. The van der Waals surface area contributed by atoms with Crippen LogP contribution in [0.3, 0.4) is 0 Å². The number of rotatable bonds is 5. The number of amides is 1. The Balaban J connectivity index is 2.12. The molecule has 5 nitrogen and oxygen atoms in total. The molecule has 0 spiro atoms. The van der Waals surface area contributed by atoms with Gasteiger partial charge >= 0.3 is 0 Å². The second-order valence-corrected chi connectivity index (χ2v) is 6.63. The van der Waals surface area contributed by atoms with Crippen molar-refractivity contribution in [1.82, 2.24) is 4.57 Å². The first kappa shape index (κ1) is 17.4. The standard InChI is InChI=1S/C19H20N2O3S/c1-13-8-9-15-17(12-13)25-19(21(15)10-11-23-2)20-18(22)14-6-4-5-7-16(14)24-3/h4-9,12H,10-11H2,1-3H3. The number of hydrogen-bond donors (Lipinski definition) is 0. The molecule has 0 aliphatic carbocycles. The van der Waals surface area contributed by atoms with Crippen molar-refractivity contribution in [3.63, 3.8) is 0 Å². The van der Waals surface area contributed by atoms with E-state index in [1.807, 2.05) is 10.6 Å². The molecule has 2 aromatic carbocycles. The maximum absolute atomic E-state index is 12.7. The number of nitrogens with zero attached hydrogens (tertiary/aromatic N) is 2. The lowest BCUT2D eigenvalue weighted by Crippen LogP contribution is -2.19. The monoisotopic (exact) mass is 356 g/mol. The molecule has 0 saturated carbocycles. The molecule has 3 aromatic rings. The summed E-state index contributed by atoms with van der Waals surface area (Å²) >= 11 is 1.50. The number of carbonyl (C=O) groups excluding carboxylic acids is 1. The Morgan fingerprint density at radius 1 is 1.20 bits per heavy atom. The molecule has 0 aliphatic rings. The van der Waals surface area contributed by atoms with Gasteiger partial charge < -0.3 is 14.0 Å². The molecule has 0 N–H and O–H groups in total. The predicted molar refractivity (Wildman–Crippen MR) is 99.3 cm³/mol. The molecule has 1 amide bonds. The van der Waals surface area contributed by atoms with Crippen molar-refractivity contribution in [2.75, 3.05) is 20.8 Å². The first-order valence-electron chi connectivity index (χ1n) is 7.95. The minimum absolute atomic E-state index is 0.313. The Morgan fingerprint density at radius 3 is 2.76 bits per heavy atom. The minimum atomic E-state index is -0.313. The molecule has 6 heteroatoms. The molecule has 0 aliphatic heterocycles. The Hall–Kier alpha value is -2.44. The van der Waals surface area contributed by atoms with E-state index in [-0.39, 0.29) is 5.91 Å². The lowest BCUT2D eigenvalue weighted by molar-refractivity contribution is 0.0994. The summed E-state index contributed by atoms with van der Waals surface area (Å²) in [7, 11) is 3.21. The van der Waals surface area contributed by atoms with Crippen LogP contribution in [0.2, 0.25) is 0 Å². The summed E-state index contributed by atoms with van der Waals surface area (Å²) in [6.45, 7) is 3.24. The fourth-order valence-electron chi connectivity index (χ4n) is 2.63. The van der Waals surface area contributed by atoms with Crippen molar-refractivity contribution in [3.8, 4) is 5.75 Å². The zero-order chi connectivity index (χ0) is 17.8. The summed E-state index contributed by atoms with van der Waals surface area (Å²) in [5.74, 6) is 0.212. The zero-order valence-corrected chi connectivity index (χ0v) is 15.3. The zero-order valence-electron chi connectivity index (χ0n) is 14.5. The molecule has 0 fully saturated rings. The molecule has 25 heavy (non-hydrogen) atoms. The van der Waals surface area contributed by atoms with Gasteiger partial charge in [-0.15, -0.1) is 0 Å². The SMILES string of the molecule is COCCn1c(=NC(=O)c2ccccc2OC)sc2cc(C)ccc21. The lowest BCUT2D eigenvalue weighted by Gasteiger charge is -2.05. The molecular weight excluding hydrogens is 336 g/mol. The highest BCUT2D eigenvalue weighted by Crippen LogP contribution is 2.20. The van der Waals surface area contributed by atoms with Crippen molar-refractivity contribution in [3.05, 3.63) is 58.4 Å². The number of carbonyl (C=O) groups is 1. The van der Waals surface area contributed by atoms with Gasteiger partial charge in [0.1, 0.15) is 5.75 Å². The molecular formula is C19H20N2O3S. The summed E-state index contributed by atoms with van der Waals surface area (Å²) in [6, 6.07) is 13.3. The van der Waals surface area contributed by atoms with Crippen molar-refractivity contribution < 1.29 is 14.3 Å². The smallest absolute Gasteiger partial charge is 0.283 e. The summed E-state index contributed by atoms with van der Waals surface area (Å²) in [5, 5.41) is 0. The number of hydrogen-bond acceptors (Lipinski definition) is 4. The van der Waals surface area contributed by atoms with Gasteiger partial charge in [-0.25, -0.2) is 0 Å². The number of methoxy groups -OCH3 is 2. The Labute approximate surface area is 150 Å². The van der Waals surface area contributed by atoms with Crippen LogP contribution in [0.15, 0.2) is 47.5 Å². The average molecular weight is 356 g/mol. The summed E-state index contributed by atoms with van der Waals surface area (Å²) in [6.07, 6.45) is 0. The third-order valence-electron chi connectivity index (χ3n) is 3.89. The normalized spacial score (nSPS) is 11.9. The van der Waals surface area contributed by atoms with Crippen LogP contribution in [0.5, 0.6) is 5.75 Å². The fraction of sp³-hybridized carbons (Fsp3) is 0.263. The summed E-state index contributed by atoms with van der Waals surface area (Å²) in [4.78, 5) is 17.7. The second-order valence-electron chi connectivity index (χ2n) is 5.62. The van der Waals surface area contributed by atoms with Crippen LogP contribution in [0.1, 0.15) is 15.9 Å². The van der Waals surface area contributed by atoms with Crippen LogP contribution in [0.4, 0.5) is 0 Å². The van der Waals surface area contributed by atoms with Gasteiger partial charge in [-0.3, -0.25) is 4.79 Å². The van der Waals surface area contributed by atoms with Gasteiger partial charge in [0.05, 0.1) is 29.5 Å². The van der Waals surface area contributed by atoms with Crippen molar-refractivity contribution in [2.24, 2.45) is 4.99 Å². The number of aromatic nitrogens is 1. The number of thiazole rings is 1. The molecule has 130 valence electrons. The van der Waals surface area contributed by atoms with E-state index >= 15 is 0 Å². The maximum atomic E-state index is 12.7. The van der Waals surface area contributed by atoms with Crippen LogP contribution in [0.25, 0.3) is 10.2 Å². The van der Waals surface area contributed by atoms with E-state index in [1.165, 1.54) is 16.9 Å². The third kappa shape index (κ3) is 3.65. The van der Waals surface area contributed by atoms with Crippen LogP contribution in [-0.4, -0.2) is 31.3 Å². The minimum Gasteiger partial charge on any atom is -0.496 e. The molecule has 0 saturated heterocycles. The van der Waals surface area contributed by atoms with Crippen molar-refractivity contribution >= 4 is 27.5 Å². The van der Waals surface area contributed by atoms with Gasteiger partial charge in [0.2, 0.25) is 0 Å². The first-order chi connectivity index (χ1) is 12.1. The molecule has 0 unspecified atom stereocenters. The Kier molecular flexibility index (Phi) is 5.31. The van der Waals surface area contributed by atoms with Crippen molar-refractivity contribution in [2.45, 2.75) is 13.5 Å². The predicted octanol–water partition coefficient (Wildman–Crippen LogP) is 3.41. The molecule has 0 radical (unpaired) electrons. The number of fused-ring (bicyclic) bond motifs is 1. The van der Waals surface area contributed by atoms with Gasteiger partial charge in [-0.1, -0.05) is 29.5 Å². The van der Waals surface area contributed by atoms with E-state index in [0.717, 1.165) is 10.2 Å². The largest absolute Gasteiger partial charge is 0.496 e. The highest BCUT2D eigenvalue weighted by atomic mass is 32.1. The summed E-state index contributed by atoms with van der Waals surface area (Å²) in [5.41, 5.74) is 2.69. The highest BCUT2D eigenvalue weighted by molar-refractivity contribution is 7.16. The Morgan fingerprint density at radius 2 is 2.00 bits per heavy atom. The van der Waals surface area contributed by atoms with E-state index in [4.69, 9.17) is 9.47 Å². The summed E-state index contributed by atoms with van der Waals surface area (Å²) < 4.78 is 13.6. The lowest BCUT2D eigenvalue weighted by atomic mass is 10.2. The van der Waals surface area contributed by atoms with Crippen molar-refractivity contribution in [1.29, 1.82) is 0 Å². The van der Waals surface area contributed by atoms with Crippen LogP contribution < -0.4 is 9.54 Å². The van der Waals surface area contributed by atoms with Crippen LogP contribution in [-0.2, 0) is 11.3 Å². The van der Waals surface area contributed by atoms with E-state index in [1.54, 1.807) is 32.4 Å². The fourth-order valence-corrected chi connectivity index (χ4v) is 3.79. The third-order valence-corrected chi connectivity index (χ3v) is 4.93. The number of aryl methyl sites for hydroxylation is 1. The molecule has 0 atom stereocenters. The van der Waals surface area contributed by atoms with E-state index in [2.05, 4.69) is 30.1 Å². The highest BCUT2D eigenvalue weighted by Gasteiger charge is 2.12. The quantitative estimate of drug-likeness (QED) is 0.704.